The average molecular weight is 379 g/mol. The number of hydrogen-bond donors (Lipinski definition) is 0. The van der Waals surface area contributed by atoms with Crippen molar-refractivity contribution in [1.82, 2.24) is 9.47 Å². The van der Waals surface area contributed by atoms with Gasteiger partial charge in [0.25, 0.3) is 5.91 Å². The van der Waals surface area contributed by atoms with E-state index in [0.29, 0.717) is 23.7 Å². The first-order chi connectivity index (χ1) is 13.1. The average Bonchev–Trinajstić information content (AvgIpc) is 3.08. The van der Waals surface area contributed by atoms with Gasteiger partial charge in [0, 0.05) is 35.6 Å². The standard InChI is InChI=1S/C23H23ClN2O/c1-3-13-26(23(27)20-9-11-21(24)12-10-20)17-22-8-5-14-25(22)16-19-7-4-6-18(2)15-19/h3-12,14-15H,1,13,16-17H2,2H3. The minimum Gasteiger partial charge on any atom is -0.345 e. The van der Waals surface area contributed by atoms with Gasteiger partial charge in [-0.2, -0.15) is 0 Å². The molecule has 0 aliphatic carbocycles. The zero-order valence-corrected chi connectivity index (χ0v) is 16.2. The second-order valence-electron chi connectivity index (χ2n) is 6.60. The Morgan fingerprint density at radius 2 is 1.93 bits per heavy atom. The molecule has 0 atom stereocenters. The van der Waals surface area contributed by atoms with Crippen LogP contribution in [0.2, 0.25) is 5.02 Å². The van der Waals surface area contributed by atoms with Crippen LogP contribution >= 0.6 is 11.6 Å². The van der Waals surface area contributed by atoms with Crippen LogP contribution in [0.3, 0.4) is 0 Å². The molecule has 0 saturated carbocycles. The number of hydrogen-bond acceptors (Lipinski definition) is 1. The molecular weight excluding hydrogens is 356 g/mol. The molecule has 0 aliphatic heterocycles. The molecular formula is C23H23ClN2O. The molecule has 3 aromatic rings. The second-order valence-corrected chi connectivity index (χ2v) is 7.03. The van der Waals surface area contributed by atoms with E-state index in [1.54, 1.807) is 35.2 Å². The molecule has 1 aromatic heterocycles. The van der Waals surface area contributed by atoms with Crippen molar-refractivity contribution < 1.29 is 4.79 Å². The van der Waals surface area contributed by atoms with Gasteiger partial charge in [-0.25, -0.2) is 0 Å². The van der Waals surface area contributed by atoms with E-state index in [4.69, 9.17) is 11.6 Å². The van der Waals surface area contributed by atoms with Crippen LogP contribution in [0.4, 0.5) is 0 Å². The number of halogens is 1. The molecule has 27 heavy (non-hydrogen) atoms. The number of carbonyl (C=O) groups excluding carboxylic acids is 1. The second kappa shape index (κ2) is 8.74. The molecule has 0 unspecified atom stereocenters. The Balaban J connectivity index is 1.79. The van der Waals surface area contributed by atoms with Crippen LogP contribution in [-0.4, -0.2) is 21.9 Å². The molecule has 0 spiro atoms. The molecule has 3 nitrogen and oxygen atoms in total. The Morgan fingerprint density at radius 1 is 1.15 bits per heavy atom. The summed E-state index contributed by atoms with van der Waals surface area (Å²) in [5.74, 6) is -0.0325. The van der Waals surface area contributed by atoms with Gasteiger partial charge in [0.2, 0.25) is 0 Å². The summed E-state index contributed by atoms with van der Waals surface area (Å²) in [4.78, 5) is 14.7. The fourth-order valence-corrected chi connectivity index (χ4v) is 3.23. The van der Waals surface area contributed by atoms with E-state index in [9.17, 15) is 4.79 Å². The molecule has 1 heterocycles. The van der Waals surface area contributed by atoms with Crippen molar-refractivity contribution in [3.05, 3.63) is 107 Å². The molecule has 1 amide bonds. The van der Waals surface area contributed by atoms with Gasteiger partial charge in [0.15, 0.2) is 0 Å². The summed E-state index contributed by atoms with van der Waals surface area (Å²) in [6.45, 7) is 7.67. The molecule has 4 heteroatoms. The number of aromatic nitrogens is 1. The molecule has 138 valence electrons. The third-order valence-electron chi connectivity index (χ3n) is 4.44. The summed E-state index contributed by atoms with van der Waals surface area (Å²) in [5, 5.41) is 0.619. The third-order valence-corrected chi connectivity index (χ3v) is 4.69. The monoisotopic (exact) mass is 378 g/mol. The molecule has 2 aromatic carbocycles. The largest absolute Gasteiger partial charge is 0.345 e. The van der Waals surface area contributed by atoms with Crippen LogP contribution in [0.5, 0.6) is 0 Å². The van der Waals surface area contributed by atoms with E-state index >= 15 is 0 Å². The Bertz CT molecular complexity index is 928. The van der Waals surface area contributed by atoms with Gasteiger partial charge < -0.3 is 9.47 Å². The van der Waals surface area contributed by atoms with Crippen molar-refractivity contribution in [3.63, 3.8) is 0 Å². The van der Waals surface area contributed by atoms with E-state index < -0.39 is 0 Å². The lowest BCUT2D eigenvalue weighted by Crippen LogP contribution is -2.31. The van der Waals surface area contributed by atoms with E-state index in [2.05, 4.69) is 54.6 Å². The topological polar surface area (TPSA) is 25.2 Å². The fourth-order valence-electron chi connectivity index (χ4n) is 3.10. The Kier molecular flexibility index (Phi) is 6.15. The number of rotatable bonds is 7. The highest BCUT2D eigenvalue weighted by Crippen LogP contribution is 2.16. The van der Waals surface area contributed by atoms with Crippen molar-refractivity contribution in [3.8, 4) is 0 Å². The van der Waals surface area contributed by atoms with Crippen molar-refractivity contribution >= 4 is 17.5 Å². The fraction of sp³-hybridized carbons (Fsp3) is 0.174. The van der Waals surface area contributed by atoms with E-state index in [0.717, 1.165) is 12.2 Å². The van der Waals surface area contributed by atoms with Crippen molar-refractivity contribution in [2.45, 2.75) is 20.0 Å². The maximum Gasteiger partial charge on any atom is 0.254 e. The smallest absolute Gasteiger partial charge is 0.254 e. The number of benzene rings is 2. The summed E-state index contributed by atoms with van der Waals surface area (Å²) in [6, 6.07) is 19.5. The van der Waals surface area contributed by atoms with Crippen LogP contribution in [0.15, 0.2) is 79.5 Å². The van der Waals surface area contributed by atoms with Crippen molar-refractivity contribution in [2.24, 2.45) is 0 Å². The van der Waals surface area contributed by atoms with Gasteiger partial charge in [-0.15, -0.1) is 6.58 Å². The lowest BCUT2D eigenvalue weighted by Gasteiger charge is -2.22. The first-order valence-corrected chi connectivity index (χ1v) is 9.30. The van der Waals surface area contributed by atoms with Gasteiger partial charge in [-0.1, -0.05) is 47.5 Å². The van der Waals surface area contributed by atoms with Gasteiger partial charge in [0.1, 0.15) is 0 Å². The van der Waals surface area contributed by atoms with Crippen LogP contribution in [0, 0.1) is 6.92 Å². The van der Waals surface area contributed by atoms with Gasteiger partial charge >= 0.3 is 0 Å². The number of nitrogens with zero attached hydrogens (tertiary/aromatic N) is 2. The summed E-state index contributed by atoms with van der Waals surface area (Å²) in [5.41, 5.74) is 4.19. The maximum absolute atomic E-state index is 12.9. The van der Waals surface area contributed by atoms with Gasteiger partial charge in [0.05, 0.1) is 6.54 Å². The van der Waals surface area contributed by atoms with Gasteiger partial charge in [-0.05, 0) is 48.9 Å². The predicted molar refractivity (Wildman–Crippen MR) is 111 cm³/mol. The normalized spacial score (nSPS) is 10.6. The van der Waals surface area contributed by atoms with E-state index in [1.807, 2.05) is 6.07 Å². The third kappa shape index (κ3) is 4.89. The van der Waals surface area contributed by atoms with E-state index in [1.165, 1.54) is 11.1 Å². The first-order valence-electron chi connectivity index (χ1n) is 8.92. The van der Waals surface area contributed by atoms with Crippen LogP contribution < -0.4 is 0 Å². The summed E-state index contributed by atoms with van der Waals surface area (Å²) < 4.78 is 2.18. The Labute approximate surface area is 165 Å². The molecule has 3 rings (SSSR count). The molecule has 0 saturated heterocycles. The molecule has 0 bridgehead atoms. The van der Waals surface area contributed by atoms with E-state index in [-0.39, 0.29) is 5.91 Å². The highest BCUT2D eigenvalue weighted by atomic mass is 35.5. The maximum atomic E-state index is 12.9. The first kappa shape index (κ1) is 19.0. The molecule has 0 fully saturated rings. The van der Waals surface area contributed by atoms with Crippen molar-refractivity contribution in [2.75, 3.05) is 6.54 Å². The van der Waals surface area contributed by atoms with Crippen LogP contribution in [0.25, 0.3) is 0 Å². The van der Waals surface area contributed by atoms with Crippen LogP contribution in [0.1, 0.15) is 27.2 Å². The van der Waals surface area contributed by atoms with Gasteiger partial charge in [-0.3, -0.25) is 4.79 Å². The summed E-state index contributed by atoms with van der Waals surface area (Å²) in [6.07, 6.45) is 3.80. The lowest BCUT2D eigenvalue weighted by atomic mass is 10.1. The predicted octanol–water partition coefficient (Wildman–Crippen LogP) is 5.33. The molecule has 0 radical (unpaired) electrons. The number of carbonyl (C=O) groups is 1. The van der Waals surface area contributed by atoms with Crippen molar-refractivity contribution in [1.29, 1.82) is 0 Å². The minimum absolute atomic E-state index is 0.0325. The quantitative estimate of drug-likeness (QED) is 0.510. The Hall–Kier alpha value is -2.78. The lowest BCUT2D eigenvalue weighted by molar-refractivity contribution is 0.0759. The summed E-state index contributed by atoms with van der Waals surface area (Å²) >= 11 is 5.94. The highest BCUT2D eigenvalue weighted by Gasteiger charge is 2.16. The zero-order valence-electron chi connectivity index (χ0n) is 15.4. The zero-order chi connectivity index (χ0) is 19.2. The minimum atomic E-state index is -0.0325. The molecule has 0 aliphatic rings. The number of amides is 1. The van der Waals surface area contributed by atoms with Crippen LogP contribution in [-0.2, 0) is 13.1 Å². The highest BCUT2D eigenvalue weighted by molar-refractivity contribution is 6.30. The number of aryl methyl sites for hydroxylation is 1. The molecule has 0 N–H and O–H groups in total. The SMILES string of the molecule is C=CCN(Cc1cccn1Cc1cccc(C)c1)C(=O)c1ccc(Cl)cc1. The Morgan fingerprint density at radius 3 is 2.63 bits per heavy atom. The summed E-state index contributed by atoms with van der Waals surface area (Å²) in [7, 11) is 0.